The molecule has 3 heterocycles. The van der Waals surface area contributed by atoms with Crippen molar-refractivity contribution in [2.24, 2.45) is 10.7 Å². The van der Waals surface area contributed by atoms with E-state index >= 15 is 0 Å². The Morgan fingerprint density at radius 3 is 2.75 bits per heavy atom. The van der Waals surface area contributed by atoms with Gasteiger partial charge in [0.25, 0.3) is 0 Å². The fraction of sp³-hybridized carbons (Fsp3) is 0.500. The van der Waals surface area contributed by atoms with Gasteiger partial charge in [0.15, 0.2) is 0 Å². The number of piperidine rings is 1. The van der Waals surface area contributed by atoms with Gasteiger partial charge in [0.1, 0.15) is 17.5 Å². The lowest BCUT2D eigenvalue weighted by molar-refractivity contribution is -0.137. The number of nitriles is 1. The zero-order valence-corrected chi connectivity index (χ0v) is 15.1. The van der Waals surface area contributed by atoms with Crippen LogP contribution in [0.2, 0.25) is 0 Å². The molecule has 2 unspecified atom stereocenters. The summed E-state index contributed by atoms with van der Waals surface area (Å²) in [4.78, 5) is 10.2. The Morgan fingerprint density at radius 1 is 1.46 bits per heavy atom. The van der Waals surface area contributed by atoms with E-state index in [-0.39, 0.29) is 23.1 Å². The lowest BCUT2D eigenvalue weighted by Gasteiger charge is -2.33. The number of hydrogen-bond donors (Lipinski definition) is 3. The largest absolute Gasteiger partial charge is 0.417 e. The molecule has 4 N–H and O–H groups in total. The topological polar surface area (TPSA) is 111 Å². The van der Waals surface area contributed by atoms with Gasteiger partial charge < -0.3 is 21.1 Å². The molecule has 1 aromatic rings. The predicted octanol–water partition coefficient (Wildman–Crippen LogP) is 1.28. The van der Waals surface area contributed by atoms with E-state index in [1.165, 1.54) is 6.21 Å². The third-order valence-electron chi connectivity index (χ3n) is 4.87. The van der Waals surface area contributed by atoms with Crippen LogP contribution in [0.25, 0.3) is 5.57 Å². The quantitative estimate of drug-likeness (QED) is 0.664. The molecular weight excluding hydrogens is 373 g/mol. The number of nitrogens with one attached hydrogen (secondary N) is 1. The van der Waals surface area contributed by atoms with Crippen molar-refractivity contribution in [1.29, 1.82) is 5.26 Å². The van der Waals surface area contributed by atoms with Crippen molar-refractivity contribution < 1.29 is 18.3 Å². The molecule has 28 heavy (non-hydrogen) atoms. The number of β-amino-alcohol motifs (C(OH)–C–C–N with tert-alkyl or cyclic N) is 1. The van der Waals surface area contributed by atoms with E-state index in [0.29, 0.717) is 32.6 Å². The van der Waals surface area contributed by atoms with Crippen LogP contribution in [0.3, 0.4) is 0 Å². The summed E-state index contributed by atoms with van der Waals surface area (Å²) in [5.74, 6) is 0.00762. The summed E-state index contributed by atoms with van der Waals surface area (Å²) in [6.45, 7) is 2.17. The maximum atomic E-state index is 13.6. The van der Waals surface area contributed by atoms with Crippen molar-refractivity contribution in [2.45, 2.75) is 31.2 Å². The Labute approximate surface area is 160 Å². The molecule has 2 atom stereocenters. The molecule has 0 aromatic carbocycles. The molecule has 0 aliphatic carbocycles. The highest BCUT2D eigenvalue weighted by Gasteiger charge is 2.37. The standard InChI is InChI=1S/C18H21F3N6O/c19-18(20,21)13-6-15(26-17(12(13)8-23)27-4-1-5-27)11(7-22)9-25-14-2-3-24-10-16(14)28/h6-7,9,14,16,24,28H,1-5,10,22H2. The number of hydrogen-bond acceptors (Lipinski definition) is 7. The number of pyridine rings is 1. The minimum Gasteiger partial charge on any atom is -0.404 e. The second-order valence-corrected chi connectivity index (χ2v) is 6.73. The van der Waals surface area contributed by atoms with Crippen molar-refractivity contribution in [3.63, 3.8) is 0 Å². The molecular formula is C18H21F3N6O. The second-order valence-electron chi connectivity index (χ2n) is 6.73. The van der Waals surface area contributed by atoms with Gasteiger partial charge in [-0.05, 0) is 25.5 Å². The van der Waals surface area contributed by atoms with Gasteiger partial charge in [0.2, 0.25) is 0 Å². The third kappa shape index (κ3) is 4.10. The number of anilines is 1. The first-order valence-electron chi connectivity index (χ1n) is 8.96. The molecule has 0 amide bonds. The van der Waals surface area contributed by atoms with Crippen LogP contribution in [0.5, 0.6) is 0 Å². The van der Waals surface area contributed by atoms with E-state index in [4.69, 9.17) is 5.73 Å². The SMILES string of the molecule is N#Cc1c(C(F)(F)F)cc(C(C=NC2CCNCC2O)=CN)nc1N1CCC1. The summed E-state index contributed by atoms with van der Waals surface area (Å²) >= 11 is 0. The first-order chi connectivity index (χ1) is 13.3. The van der Waals surface area contributed by atoms with Crippen LogP contribution in [0, 0.1) is 11.3 Å². The van der Waals surface area contributed by atoms with E-state index in [1.54, 1.807) is 11.0 Å². The molecule has 1 aromatic heterocycles. The second kappa shape index (κ2) is 8.16. The van der Waals surface area contributed by atoms with Crippen LogP contribution in [0.4, 0.5) is 19.0 Å². The van der Waals surface area contributed by atoms with Crippen LogP contribution in [0.1, 0.15) is 29.7 Å². The first kappa shape index (κ1) is 20.1. The van der Waals surface area contributed by atoms with Crippen molar-refractivity contribution in [3.05, 3.63) is 29.1 Å². The number of nitrogens with zero attached hydrogens (tertiary/aromatic N) is 4. The highest BCUT2D eigenvalue weighted by atomic mass is 19.4. The zero-order valence-electron chi connectivity index (χ0n) is 15.1. The Balaban J connectivity index is 2.00. The fourth-order valence-corrected chi connectivity index (χ4v) is 3.14. The lowest BCUT2D eigenvalue weighted by atomic mass is 10.0. The number of nitrogens with two attached hydrogens (primary N) is 1. The van der Waals surface area contributed by atoms with E-state index in [9.17, 15) is 23.5 Å². The number of aliphatic imine (C=N–C) groups is 1. The molecule has 2 fully saturated rings. The van der Waals surface area contributed by atoms with Crippen molar-refractivity contribution in [3.8, 4) is 6.07 Å². The van der Waals surface area contributed by atoms with Crippen LogP contribution >= 0.6 is 0 Å². The first-order valence-corrected chi connectivity index (χ1v) is 8.96. The number of alkyl halides is 3. The molecule has 10 heteroatoms. The van der Waals surface area contributed by atoms with E-state index < -0.39 is 23.4 Å². The van der Waals surface area contributed by atoms with Crippen LogP contribution < -0.4 is 16.0 Å². The molecule has 0 bridgehead atoms. The highest BCUT2D eigenvalue weighted by Crippen LogP contribution is 2.37. The summed E-state index contributed by atoms with van der Waals surface area (Å²) in [6.07, 6.45) is -1.49. The average Bonchev–Trinajstić information content (AvgIpc) is 2.61. The lowest BCUT2D eigenvalue weighted by Crippen LogP contribution is -2.43. The van der Waals surface area contributed by atoms with E-state index in [1.807, 2.05) is 0 Å². The molecule has 2 aliphatic heterocycles. The zero-order chi connectivity index (χ0) is 20.3. The Bertz CT molecular complexity index is 826. The summed E-state index contributed by atoms with van der Waals surface area (Å²) in [6, 6.07) is 2.10. The minimum absolute atomic E-state index is 0.00762. The van der Waals surface area contributed by atoms with Crippen LogP contribution in [-0.2, 0) is 6.18 Å². The van der Waals surface area contributed by atoms with E-state index in [2.05, 4.69) is 15.3 Å². The van der Waals surface area contributed by atoms with Crippen LogP contribution in [0.15, 0.2) is 17.3 Å². The Morgan fingerprint density at radius 2 is 2.21 bits per heavy atom. The third-order valence-corrected chi connectivity index (χ3v) is 4.87. The number of rotatable bonds is 4. The number of aliphatic hydroxyl groups excluding tert-OH is 1. The van der Waals surface area contributed by atoms with Gasteiger partial charge in [-0.1, -0.05) is 0 Å². The summed E-state index contributed by atoms with van der Waals surface area (Å²) < 4.78 is 40.7. The summed E-state index contributed by atoms with van der Waals surface area (Å²) in [5.41, 5.74) is 4.28. The molecule has 7 nitrogen and oxygen atoms in total. The van der Waals surface area contributed by atoms with Gasteiger partial charge in [-0.25, -0.2) is 4.98 Å². The maximum absolute atomic E-state index is 13.6. The summed E-state index contributed by atoms with van der Waals surface area (Å²) in [7, 11) is 0. The van der Waals surface area contributed by atoms with Crippen LogP contribution in [-0.4, -0.2) is 54.6 Å². The van der Waals surface area contributed by atoms with Crippen molar-refractivity contribution in [2.75, 3.05) is 31.1 Å². The molecule has 2 aliphatic rings. The average molecular weight is 394 g/mol. The smallest absolute Gasteiger partial charge is 0.404 e. The summed E-state index contributed by atoms with van der Waals surface area (Å²) in [5, 5.41) is 22.3. The molecule has 0 spiro atoms. The molecule has 2 saturated heterocycles. The predicted molar refractivity (Wildman–Crippen MR) is 98.7 cm³/mol. The number of halogens is 3. The number of aromatic nitrogens is 1. The maximum Gasteiger partial charge on any atom is 0.417 e. The van der Waals surface area contributed by atoms with Gasteiger partial charge in [-0.2, -0.15) is 18.4 Å². The highest BCUT2D eigenvalue weighted by molar-refractivity contribution is 6.09. The molecule has 150 valence electrons. The Kier molecular flexibility index (Phi) is 5.86. The van der Waals surface area contributed by atoms with Crippen molar-refractivity contribution >= 4 is 17.6 Å². The minimum atomic E-state index is -4.70. The number of aliphatic hydroxyl groups is 1. The number of allylic oxidation sites excluding steroid dienone is 1. The van der Waals surface area contributed by atoms with Gasteiger partial charge in [-0.3, -0.25) is 4.99 Å². The molecule has 0 radical (unpaired) electrons. The monoisotopic (exact) mass is 394 g/mol. The normalized spacial score (nSPS) is 23.5. The Hall–Kier alpha value is -2.64. The fourth-order valence-electron chi connectivity index (χ4n) is 3.14. The van der Waals surface area contributed by atoms with Gasteiger partial charge in [0, 0.05) is 37.6 Å². The molecule has 0 saturated carbocycles. The molecule has 3 rings (SSSR count). The van der Waals surface area contributed by atoms with Gasteiger partial charge in [0.05, 0.1) is 23.4 Å². The van der Waals surface area contributed by atoms with Gasteiger partial charge >= 0.3 is 6.18 Å². The van der Waals surface area contributed by atoms with E-state index in [0.717, 1.165) is 18.7 Å². The van der Waals surface area contributed by atoms with Gasteiger partial charge in [-0.15, -0.1) is 0 Å². The van der Waals surface area contributed by atoms with Crippen molar-refractivity contribution in [1.82, 2.24) is 10.3 Å².